The number of aromatic nitrogens is 2. The van der Waals surface area contributed by atoms with Crippen molar-refractivity contribution in [2.45, 2.75) is 33.7 Å². The highest BCUT2D eigenvalue weighted by atomic mass is 15.1. The van der Waals surface area contributed by atoms with Gasteiger partial charge in [0, 0.05) is 6.42 Å². The molecule has 3 rings (SSSR count). The molecule has 2 aromatic carbocycles. The van der Waals surface area contributed by atoms with Crippen molar-refractivity contribution in [3.63, 3.8) is 0 Å². The summed E-state index contributed by atoms with van der Waals surface area (Å²) in [6.45, 7) is 7.05. The zero-order chi connectivity index (χ0) is 15.7. The van der Waals surface area contributed by atoms with E-state index in [0.29, 0.717) is 6.54 Å². The summed E-state index contributed by atoms with van der Waals surface area (Å²) in [6, 6.07) is 14.4. The van der Waals surface area contributed by atoms with Crippen LogP contribution in [-0.4, -0.2) is 9.55 Å². The predicted molar refractivity (Wildman–Crippen MR) is 88.8 cm³/mol. The lowest BCUT2D eigenvalue weighted by molar-refractivity contribution is 0.751. The Kier molecular flexibility index (Phi) is 3.68. The summed E-state index contributed by atoms with van der Waals surface area (Å²) in [4.78, 5) is 4.76. The highest BCUT2D eigenvalue weighted by Gasteiger charge is 2.12. The van der Waals surface area contributed by atoms with Crippen molar-refractivity contribution >= 4 is 11.0 Å². The molecule has 0 saturated heterocycles. The first-order valence-electron chi connectivity index (χ1n) is 7.58. The molecular weight excluding hydrogens is 270 g/mol. The van der Waals surface area contributed by atoms with Crippen LogP contribution in [0.5, 0.6) is 0 Å². The van der Waals surface area contributed by atoms with Gasteiger partial charge in [0.25, 0.3) is 0 Å². The van der Waals surface area contributed by atoms with Gasteiger partial charge in [0.1, 0.15) is 5.82 Å². The second-order valence-electron chi connectivity index (χ2n) is 5.66. The molecule has 22 heavy (non-hydrogen) atoms. The first kappa shape index (κ1) is 14.3. The molecule has 0 radical (unpaired) electrons. The van der Waals surface area contributed by atoms with Crippen molar-refractivity contribution in [2.75, 3.05) is 0 Å². The molecule has 3 aromatic rings. The number of hydrogen-bond acceptors (Lipinski definition) is 2. The predicted octanol–water partition coefficient (Wildman–Crippen LogP) is 4.14. The summed E-state index contributed by atoms with van der Waals surface area (Å²) in [5, 5.41) is 9.29. The average Bonchev–Trinajstić information content (AvgIpc) is 2.85. The molecule has 110 valence electrons. The number of nitrogens with zero attached hydrogens (tertiary/aromatic N) is 3. The minimum Gasteiger partial charge on any atom is -0.323 e. The SMILES string of the molecule is CCc1nc2cc(C)c(C)cc2n1Cc1ccccc1C#N. The second-order valence-corrected chi connectivity index (χ2v) is 5.66. The van der Waals surface area contributed by atoms with E-state index >= 15 is 0 Å². The van der Waals surface area contributed by atoms with Crippen LogP contribution in [0.2, 0.25) is 0 Å². The Morgan fingerprint density at radius 2 is 1.86 bits per heavy atom. The summed E-state index contributed by atoms with van der Waals surface area (Å²) in [5.74, 6) is 1.06. The van der Waals surface area contributed by atoms with E-state index in [4.69, 9.17) is 4.98 Å². The van der Waals surface area contributed by atoms with E-state index in [2.05, 4.69) is 43.5 Å². The molecule has 0 unspecified atom stereocenters. The fourth-order valence-electron chi connectivity index (χ4n) is 2.81. The Labute approximate surface area is 130 Å². The molecule has 0 N–H and O–H groups in total. The maximum Gasteiger partial charge on any atom is 0.109 e. The molecule has 0 saturated carbocycles. The Morgan fingerprint density at radius 1 is 1.14 bits per heavy atom. The van der Waals surface area contributed by atoms with Crippen LogP contribution in [0.3, 0.4) is 0 Å². The lowest BCUT2D eigenvalue weighted by Gasteiger charge is -2.10. The number of fused-ring (bicyclic) bond motifs is 1. The molecule has 3 nitrogen and oxygen atoms in total. The summed E-state index contributed by atoms with van der Waals surface area (Å²) in [5.41, 5.74) is 6.48. The van der Waals surface area contributed by atoms with Gasteiger partial charge in [-0.25, -0.2) is 4.98 Å². The van der Waals surface area contributed by atoms with Gasteiger partial charge in [-0.3, -0.25) is 0 Å². The van der Waals surface area contributed by atoms with E-state index < -0.39 is 0 Å². The molecule has 0 spiro atoms. The third-order valence-corrected chi connectivity index (χ3v) is 4.23. The Hall–Kier alpha value is -2.60. The van der Waals surface area contributed by atoms with Gasteiger partial charge in [-0.2, -0.15) is 5.26 Å². The summed E-state index contributed by atoms with van der Waals surface area (Å²) in [7, 11) is 0. The third kappa shape index (κ3) is 2.37. The second kappa shape index (κ2) is 5.65. The average molecular weight is 289 g/mol. The van der Waals surface area contributed by atoms with Crippen LogP contribution in [-0.2, 0) is 13.0 Å². The van der Waals surface area contributed by atoms with E-state index in [1.165, 1.54) is 11.1 Å². The van der Waals surface area contributed by atoms with Crippen LogP contribution in [0.4, 0.5) is 0 Å². The van der Waals surface area contributed by atoms with E-state index in [9.17, 15) is 5.26 Å². The molecule has 0 bridgehead atoms. The standard InChI is InChI=1S/C19H19N3/c1-4-19-21-17-9-13(2)14(3)10-18(17)22(19)12-16-8-6-5-7-15(16)11-20/h5-10H,4,12H2,1-3H3. The first-order chi connectivity index (χ1) is 10.6. The van der Waals surface area contributed by atoms with Crippen molar-refractivity contribution in [3.05, 3.63) is 64.5 Å². The Balaban J connectivity index is 2.17. The quantitative estimate of drug-likeness (QED) is 0.727. The number of hydrogen-bond donors (Lipinski definition) is 0. The van der Waals surface area contributed by atoms with E-state index in [-0.39, 0.29) is 0 Å². The van der Waals surface area contributed by atoms with Crippen LogP contribution in [0.15, 0.2) is 36.4 Å². The number of nitriles is 1. The highest BCUT2D eigenvalue weighted by Crippen LogP contribution is 2.23. The van der Waals surface area contributed by atoms with Crippen molar-refractivity contribution in [3.8, 4) is 6.07 Å². The molecule has 1 heterocycles. The van der Waals surface area contributed by atoms with Crippen LogP contribution in [0.1, 0.15) is 35.0 Å². The van der Waals surface area contributed by atoms with Crippen molar-refractivity contribution in [2.24, 2.45) is 0 Å². The van der Waals surface area contributed by atoms with E-state index in [0.717, 1.165) is 34.4 Å². The van der Waals surface area contributed by atoms with Gasteiger partial charge in [-0.1, -0.05) is 25.1 Å². The van der Waals surface area contributed by atoms with Gasteiger partial charge in [0.05, 0.1) is 29.2 Å². The van der Waals surface area contributed by atoms with E-state index in [1.807, 2.05) is 24.3 Å². The van der Waals surface area contributed by atoms with Gasteiger partial charge in [-0.15, -0.1) is 0 Å². The third-order valence-electron chi connectivity index (χ3n) is 4.23. The zero-order valence-electron chi connectivity index (χ0n) is 13.2. The monoisotopic (exact) mass is 289 g/mol. The molecule has 0 aliphatic carbocycles. The fourth-order valence-corrected chi connectivity index (χ4v) is 2.81. The molecule has 0 amide bonds. The fraction of sp³-hybridized carbons (Fsp3) is 0.263. The number of benzene rings is 2. The summed E-state index contributed by atoms with van der Waals surface area (Å²) < 4.78 is 2.23. The summed E-state index contributed by atoms with van der Waals surface area (Å²) in [6.07, 6.45) is 0.876. The number of aryl methyl sites for hydroxylation is 3. The molecular formula is C19H19N3. The molecule has 0 fully saturated rings. The van der Waals surface area contributed by atoms with Crippen LogP contribution in [0.25, 0.3) is 11.0 Å². The van der Waals surface area contributed by atoms with Crippen LogP contribution >= 0.6 is 0 Å². The van der Waals surface area contributed by atoms with Crippen molar-refractivity contribution in [1.82, 2.24) is 9.55 Å². The van der Waals surface area contributed by atoms with Crippen LogP contribution in [0, 0.1) is 25.2 Å². The normalized spacial score (nSPS) is 10.8. The van der Waals surface area contributed by atoms with Crippen molar-refractivity contribution < 1.29 is 0 Å². The first-order valence-corrected chi connectivity index (χ1v) is 7.58. The smallest absolute Gasteiger partial charge is 0.109 e. The minimum absolute atomic E-state index is 0.686. The Morgan fingerprint density at radius 3 is 2.59 bits per heavy atom. The Bertz CT molecular complexity index is 882. The lowest BCUT2D eigenvalue weighted by Crippen LogP contribution is -2.06. The minimum atomic E-state index is 0.686. The maximum absolute atomic E-state index is 9.29. The largest absolute Gasteiger partial charge is 0.323 e. The van der Waals surface area contributed by atoms with Gasteiger partial charge in [-0.05, 0) is 48.7 Å². The highest BCUT2D eigenvalue weighted by molar-refractivity contribution is 5.78. The maximum atomic E-state index is 9.29. The van der Waals surface area contributed by atoms with E-state index in [1.54, 1.807) is 0 Å². The lowest BCUT2D eigenvalue weighted by atomic mass is 10.1. The van der Waals surface area contributed by atoms with Gasteiger partial charge < -0.3 is 4.57 Å². The topological polar surface area (TPSA) is 41.6 Å². The van der Waals surface area contributed by atoms with Crippen molar-refractivity contribution in [1.29, 1.82) is 5.26 Å². The van der Waals surface area contributed by atoms with Crippen LogP contribution < -0.4 is 0 Å². The zero-order valence-corrected chi connectivity index (χ0v) is 13.2. The number of rotatable bonds is 3. The molecule has 0 aliphatic rings. The number of imidazole rings is 1. The van der Waals surface area contributed by atoms with Gasteiger partial charge >= 0.3 is 0 Å². The molecule has 0 aliphatic heterocycles. The molecule has 3 heteroatoms. The van der Waals surface area contributed by atoms with Gasteiger partial charge in [0.15, 0.2) is 0 Å². The van der Waals surface area contributed by atoms with Gasteiger partial charge in [0.2, 0.25) is 0 Å². The summed E-state index contributed by atoms with van der Waals surface area (Å²) >= 11 is 0. The molecule has 1 aromatic heterocycles. The molecule has 0 atom stereocenters.